The number of H-pyrrole nitrogens is 1. The molecule has 0 atom stereocenters. The van der Waals surface area contributed by atoms with Crippen LogP contribution >= 0.6 is 0 Å². The SMILES string of the molecule is Cc1ccc(OCc2cc3ccc(O)cc3[nH]2)cc1. The van der Waals surface area contributed by atoms with E-state index < -0.39 is 0 Å². The Morgan fingerprint density at radius 1 is 1.05 bits per heavy atom. The molecule has 2 N–H and O–H groups in total. The number of ether oxygens (including phenoxy) is 1. The summed E-state index contributed by atoms with van der Waals surface area (Å²) < 4.78 is 5.71. The molecule has 0 unspecified atom stereocenters. The second-order valence-corrected chi connectivity index (χ2v) is 4.67. The van der Waals surface area contributed by atoms with Gasteiger partial charge in [0.05, 0.1) is 5.69 Å². The van der Waals surface area contributed by atoms with Gasteiger partial charge in [0.25, 0.3) is 0 Å². The van der Waals surface area contributed by atoms with E-state index in [1.54, 1.807) is 12.1 Å². The van der Waals surface area contributed by atoms with Crippen LogP contribution in [0.5, 0.6) is 11.5 Å². The first-order valence-corrected chi connectivity index (χ1v) is 6.21. The number of phenols is 1. The first kappa shape index (κ1) is 11.7. The smallest absolute Gasteiger partial charge is 0.128 e. The van der Waals surface area contributed by atoms with Gasteiger partial charge < -0.3 is 14.8 Å². The van der Waals surface area contributed by atoms with Crippen molar-refractivity contribution in [2.75, 3.05) is 0 Å². The van der Waals surface area contributed by atoms with Gasteiger partial charge in [0.2, 0.25) is 0 Å². The van der Waals surface area contributed by atoms with Crippen molar-refractivity contribution in [3.63, 3.8) is 0 Å². The van der Waals surface area contributed by atoms with Gasteiger partial charge in [0, 0.05) is 17.0 Å². The van der Waals surface area contributed by atoms with Gasteiger partial charge in [-0.2, -0.15) is 0 Å². The fraction of sp³-hybridized carbons (Fsp3) is 0.125. The number of aryl methyl sites for hydroxylation is 1. The Labute approximate surface area is 111 Å². The molecule has 0 radical (unpaired) electrons. The monoisotopic (exact) mass is 253 g/mol. The molecule has 0 spiro atoms. The second-order valence-electron chi connectivity index (χ2n) is 4.67. The van der Waals surface area contributed by atoms with E-state index >= 15 is 0 Å². The molecule has 3 heteroatoms. The molecule has 0 aliphatic rings. The number of hydrogen-bond acceptors (Lipinski definition) is 2. The Bertz CT molecular complexity index is 698. The van der Waals surface area contributed by atoms with E-state index in [1.807, 2.05) is 43.3 Å². The molecule has 96 valence electrons. The van der Waals surface area contributed by atoms with Crippen LogP contribution in [0, 0.1) is 6.92 Å². The van der Waals surface area contributed by atoms with Crippen molar-refractivity contribution in [3.8, 4) is 11.5 Å². The van der Waals surface area contributed by atoms with Crippen LogP contribution in [-0.4, -0.2) is 10.1 Å². The van der Waals surface area contributed by atoms with Crippen molar-refractivity contribution < 1.29 is 9.84 Å². The van der Waals surface area contributed by atoms with Crippen LogP contribution in [-0.2, 0) is 6.61 Å². The lowest BCUT2D eigenvalue weighted by Gasteiger charge is -2.04. The summed E-state index contributed by atoms with van der Waals surface area (Å²) in [6, 6.07) is 15.3. The van der Waals surface area contributed by atoms with Crippen LogP contribution in [0.2, 0.25) is 0 Å². The first-order chi connectivity index (χ1) is 9.20. The topological polar surface area (TPSA) is 45.2 Å². The molecule has 0 aliphatic carbocycles. The van der Waals surface area contributed by atoms with Crippen molar-refractivity contribution in [1.82, 2.24) is 4.98 Å². The highest BCUT2D eigenvalue weighted by Crippen LogP contribution is 2.21. The molecule has 0 saturated carbocycles. The summed E-state index contributed by atoms with van der Waals surface area (Å²) in [6.45, 7) is 2.53. The molecule has 1 aromatic heterocycles. The van der Waals surface area contributed by atoms with E-state index in [0.717, 1.165) is 22.3 Å². The lowest BCUT2D eigenvalue weighted by Crippen LogP contribution is -1.95. The summed E-state index contributed by atoms with van der Waals surface area (Å²) in [5.74, 6) is 1.12. The number of hydrogen-bond donors (Lipinski definition) is 2. The van der Waals surface area contributed by atoms with Gasteiger partial charge in [-0.25, -0.2) is 0 Å². The lowest BCUT2D eigenvalue weighted by molar-refractivity contribution is 0.302. The van der Waals surface area contributed by atoms with E-state index in [2.05, 4.69) is 4.98 Å². The molecule has 0 amide bonds. The van der Waals surface area contributed by atoms with Crippen molar-refractivity contribution in [3.05, 3.63) is 59.8 Å². The molecule has 0 fully saturated rings. The fourth-order valence-electron chi connectivity index (χ4n) is 2.05. The van der Waals surface area contributed by atoms with Crippen molar-refractivity contribution in [2.45, 2.75) is 13.5 Å². The zero-order chi connectivity index (χ0) is 13.2. The number of nitrogens with one attached hydrogen (secondary N) is 1. The zero-order valence-electron chi connectivity index (χ0n) is 10.7. The van der Waals surface area contributed by atoms with Gasteiger partial charge in [-0.15, -0.1) is 0 Å². The number of aromatic amines is 1. The Hall–Kier alpha value is -2.42. The quantitative estimate of drug-likeness (QED) is 0.746. The molecule has 0 bridgehead atoms. The largest absolute Gasteiger partial charge is 0.508 e. The predicted octanol–water partition coefficient (Wildman–Crippen LogP) is 3.76. The van der Waals surface area contributed by atoms with E-state index in [-0.39, 0.29) is 5.75 Å². The first-order valence-electron chi connectivity index (χ1n) is 6.21. The summed E-state index contributed by atoms with van der Waals surface area (Å²) in [7, 11) is 0. The molecule has 3 rings (SSSR count). The third-order valence-corrected chi connectivity index (χ3v) is 3.08. The molecule has 1 heterocycles. The maximum absolute atomic E-state index is 9.42. The molecule has 3 nitrogen and oxygen atoms in total. The predicted molar refractivity (Wildman–Crippen MR) is 75.5 cm³/mol. The summed E-state index contributed by atoms with van der Waals surface area (Å²) >= 11 is 0. The number of aromatic nitrogens is 1. The van der Waals surface area contributed by atoms with E-state index in [1.165, 1.54) is 5.56 Å². The van der Waals surface area contributed by atoms with Crippen LogP contribution in [0.4, 0.5) is 0 Å². The van der Waals surface area contributed by atoms with E-state index in [4.69, 9.17) is 4.74 Å². The normalized spacial score (nSPS) is 10.8. The number of fused-ring (bicyclic) bond motifs is 1. The third kappa shape index (κ3) is 2.55. The number of phenolic OH excluding ortho intramolecular Hbond substituents is 1. The molecular weight excluding hydrogens is 238 g/mol. The Balaban J connectivity index is 1.76. The highest BCUT2D eigenvalue weighted by atomic mass is 16.5. The maximum Gasteiger partial charge on any atom is 0.128 e. The zero-order valence-corrected chi connectivity index (χ0v) is 10.7. The van der Waals surface area contributed by atoms with Crippen LogP contribution in [0.15, 0.2) is 48.5 Å². The number of benzene rings is 2. The van der Waals surface area contributed by atoms with Gasteiger partial charge in [0.15, 0.2) is 0 Å². The molecule has 0 saturated heterocycles. The van der Waals surface area contributed by atoms with Gasteiger partial charge in [0.1, 0.15) is 18.1 Å². The fourth-order valence-corrected chi connectivity index (χ4v) is 2.05. The Morgan fingerprint density at radius 3 is 2.63 bits per heavy atom. The molecule has 0 aliphatic heterocycles. The lowest BCUT2D eigenvalue weighted by atomic mass is 10.2. The van der Waals surface area contributed by atoms with Crippen LogP contribution in [0.25, 0.3) is 10.9 Å². The van der Waals surface area contributed by atoms with Gasteiger partial charge >= 0.3 is 0 Å². The van der Waals surface area contributed by atoms with E-state index in [9.17, 15) is 5.11 Å². The molecule has 2 aromatic carbocycles. The highest BCUT2D eigenvalue weighted by Gasteiger charge is 2.02. The standard InChI is InChI=1S/C16H15NO2/c1-11-2-6-15(7-3-11)19-10-13-8-12-4-5-14(18)9-16(12)17-13/h2-9,17-18H,10H2,1H3. The molecule has 19 heavy (non-hydrogen) atoms. The van der Waals surface area contributed by atoms with Crippen molar-refractivity contribution in [2.24, 2.45) is 0 Å². The average Bonchev–Trinajstić information content (AvgIpc) is 2.80. The van der Waals surface area contributed by atoms with Crippen LogP contribution in [0.1, 0.15) is 11.3 Å². The van der Waals surface area contributed by atoms with Gasteiger partial charge in [-0.1, -0.05) is 17.7 Å². The highest BCUT2D eigenvalue weighted by molar-refractivity contribution is 5.81. The third-order valence-electron chi connectivity index (χ3n) is 3.08. The summed E-state index contributed by atoms with van der Waals surface area (Å²) in [6.07, 6.45) is 0. The van der Waals surface area contributed by atoms with Gasteiger partial charge in [-0.05, 0) is 37.3 Å². The summed E-state index contributed by atoms with van der Waals surface area (Å²) in [5, 5.41) is 10.5. The van der Waals surface area contributed by atoms with E-state index in [0.29, 0.717) is 6.61 Å². The average molecular weight is 253 g/mol. The second kappa shape index (κ2) is 4.69. The molecular formula is C16H15NO2. The van der Waals surface area contributed by atoms with Crippen LogP contribution in [0.3, 0.4) is 0 Å². The Morgan fingerprint density at radius 2 is 1.84 bits per heavy atom. The van der Waals surface area contributed by atoms with Crippen LogP contribution < -0.4 is 4.74 Å². The minimum atomic E-state index is 0.264. The summed E-state index contributed by atoms with van der Waals surface area (Å²) in [5.41, 5.74) is 3.12. The minimum absolute atomic E-state index is 0.264. The van der Waals surface area contributed by atoms with Crippen molar-refractivity contribution in [1.29, 1.82) is 0 Å². The Kier molecular flexibility index (Phi) is 2.88. The van der Waals surface area contributed by atoms with Gasteiger partial charge in [-0.3, -0.25) is 0 Å². The molecule has 3 aromatic rings. The van der Waals surface area contributed by atoms with Crippen molar-refractivity contribution >= 4 is 10.9 Å². The maximum atomic E-state index is 9.42. The number of rotatable bonds is 3. The number of aromatic hydroxyl groups is 1. The summed E-state index contributed by atoms with van der Waals surface area (Å²) in [4.78, 5) is 3.23. The minimum Gasteiger partial charge on any atom is -0.508 e.